The van der Waals surface area contributed by atoms with Crippen molar-refractivity contribution in [2.45, 2.75) is 6.29 Å². The molecule has 0 heterocycles. The smallest absolute Gasteiger partial charge is 0.214 e. The second kappa shape index (κ2) is 8.22. The van der Waals surface area contributed by atoms with E-state index in [0.717, 1.165) is 0 Å². The molecule has 0 aliphatic heterocycles. The number of phenolic OH excluding ortho intramolecular Hbond substituents is 1. The first-order valence-corrected chi connectivity index (χ1v) is 3.99. The Morgan fingerprint density at radius 2 is 1.71 bits per heavy atom. The number of aldehydes is 1. The molecule has 0 saturated carbocycles. The van der Waals surface area contributed by atoms with Gasteiger partial charge in [0.15, 0.2) is 6.29 Å². The molecule has 0 radical (unpaired) electrons. The number of aromatic hydroxyl groups is 1. The molecule has 14 heavy (non-hydrogen) atoms. The Morgan fingerprint density at radius 1 is 1.21 bits per heavy atom. The summed E-state index contributed by atoms with van der Waals surface area (Å²) < 4.78 is 8.92. The topological polar surface area (TPSA) is 55.8 Å². The fraction of sp³-hybridized carbons (Fsp3) is 0.300. The number of para-hydroxylation sites is 1. The van der Waals surface area contributed by atoms with Crippen molar-refractivity contribution in [3.05, 3.63) is 30.3 Å². The zero-order valence-electron chi connectivity index (χ0n) is 8.21. The van der Waals surface area contributed by atoms with E-state index in [2.05, 4.69) is 9.47 Å². The maximum atomic E-state index is 9.72. The second-order valence-corrected chi connectivity index (χ2v) is 2.31. The van der Waals surface area contributed by atoms with Crippen LogP contribution in [0.4, 0.5) is 0 Å². The summed E-state index contributed by atoms with van der Waals surface area (Å²) in [6.07, 6.45) is -0.111. The van der Waals surface area contributed by atoms with Crippen LogP contribution in [0.1, 0.15) is 0 Å². The number of rotatable bonds is 3. The third-order valence-corrected chi connectivity index (χ3v) is 1.33. The summed E-state index contributed by atoms with van der Waals surface area (Å²) in [5, 5.41) is 8.63. The monoisotopic (exact) mass is 198 g/mol. The van der Waals surface area contributed by atoms with Crippen molar-refractivity contribution in [2.75, 3.05) is 14.2 Å². The van der Waals surface area contributed by atoms with Gasteiger partial charge in [-0.05, 0) is 12.1 Å². The molecule has 0 spiro atoms. The summed E-state index contributed by atoms with van der Waals surface area (Å²) in [5.41, 5.74) is 0. The maximum absolute atomic E-state index is 9.72. The Labute approximate surface area is 83.1 Å². The first kappa shape index (κ1) is 12.6. The third-order valence-electron chi connectivity index (χ3n) is 1.33. The van der Waals surface area contributed by atoms with Crippen LogP contribution in [0.15, 0.2) is 30.3 Å². The number of hydrogen-bond acceptors (Lipinski definition) is 4. The van der Waals surface area contributed by atoms with Gasteiger partial charge in [0.2, 0.25) is 6.29 Å². The highest BCUT2D eigenvalue weighted by Gasteiger charge is 1.97. The number of ether oxygens (including phenoxy) is 2. The van der Waals surface area contributed by atoms with E-state index in [9.17, 15) is 4.79 Å². The number of carbonyl (C=O) groups is 1. The highest BCUT2D eigenvalue weighted by atomic mass is 16.7. The zero-order valence-corrected chi connectivity index (χ0v) is 8.21. The Morgan fingerprint density at radius 3 is 1.86 bits per heavy atom. The molecule has 1 aromatic carbocycles. The number of hydrogen-bond donors (Lipinski definition) is 1. The van der Waals surface area contributed by atoms with Gasteiger partial charge in [0.05, 0.1) is 0 Å². The summed E-state index contributed by atoms with van der Waals surface area (Å²) in [7, 11) is 2.81. The molecule has 0 aromatic heterocycles. The highest BCUT2D eigenvalue weighted by Crippen LogP contribution is 2.02. The van der Waals surface area contributed by atoms with Gasteiger partial charge in [-0.3, -0.25) is 4.79 Å². The number of carbonyl (C=O) groups excluding carboxylic acids is 1. The fourth-order valence-electron chi connectivity index (χ4n) is 0.635. The van der Waals surface area contributed by atoms with E-state index in [0.29, 0.717) is 12.0 Å². The third kappa shape index (κ3) is 6.16. The van der Waals surface area contributed by atoms with Gasteiger partial charge in [0, 0.05) is 14.2 Å². The lowest BCUT2D eigenvalue weighted by molar-refractivity contribution is -0.143. The van der Waals surface area contributed by atoms with E-state index in [1.807, 2.05) is 6.07 Å². The van der Waals surface area contributed by atoms with Crippen LogP contribution in [-0.4, -0.2) is 31.9 Å². The molecule has 4 heteroatoms. The molecule has 0 bridgehead atoms. The molecule has 0 aliphatic carbocycles. The van der Waals surface area contributed by atoms with Crippen LogP contribution < -0.4 is 0 Å². The Hall–Kier alpha value is -1.39. The van der Waals surface area contributed by atoms with Crippen molar-refractivity contribution in [1.82, 2.24) is 0 Å². The van der Waals surface area contributed by atoms with Crippen molar-refractivity contribution >= 4 is 6.29 Å². The Balaban J connectivity index is 0.000000241. The first-order valence-electron chi connectivity index (χ1n) is 3.99. The lowest BCUT2D eigenvalue weighted by atomic mass is 10.3. The summed E-state index contributed by atoms with van der Waals surface area (Å²) in [4.78, 5) is 9.72. The molecule has 1 rings (SSSR count). The maximum Gasteiger partial charge on any atom is 0.214 e. The van der Waals surface area contributed by atoms with Gasteiger partial charge >= 0.3 is 0 Å². The van der Waals surface area contributed by atoms with Crippen LogP contribution in [0.5, 0.6) is 5.75 Å². The Bertz CT molecular complexity index is 231. The lowest BCUT2D eigenvalue weighted by Gasteiger charge is -2.01. The molecule has 78 valence electrons. The van der Waals surface area contributed by atoms with Crippen molar-refractivity contribution in [1.29, 1.82) is 0 Å². The van der Waals surface area contributed by atoms with Gasteiger partial charge in [-0.25, -0.2) is 0 Å². The largest absolute Gasteiger partial charge is 0.508 e. The summed E-state index contributed by atoms with van der Waals surface area (Å²) >= 11 is 0. The predicted molar refractivity (Wildman–Crippen MR) is 52.0 cm³/mol. The van der Waals surface area contributed by atoms with E-state index < -0.39 is 6.29 Å². The molecular weight excluding hydrogens is 184 g/mol. The minimum absolute atomic E-state index is 0.322. The Kier molecular flexibility index (Phi) is 7.40. The van der Waals surface area contributed by atoms with Crippen LogP contribution in [0.3, 0.4) is 0 Å². The normalized spacial score (nSPS) is 9.07. The molecule has 4 nitrogen and oxygen atoms in total. The molecule has 0 fully saturated rings. The van der Waals surface area contributed by atoms with Crippen molar-refractivity contribution in [2.24, 2.45) is 0 Å². The summed E-state index contributed by atoms with van der Waals surface area (Å²) in [6.45, 7) is 0. The predicted octanol–water partition coefficient (Wildman–Crippen LogP) is 1.20. The SMILES string of the molecule is COC(C=O)OC.Oc1ccccc1. The van der Waals surface area contributed by atoms with Crippen LogP contribution in [0.25, 0.3) is 0 Å². The molecular formula is C10H14O4. The van der Waals surface area contributed by atoms with Gasteiger partial charge in [-0.2, -0.15) is 0 Å². The van der Waals surface area contributed by atoms with Crippen molar-refractivity contribution in [3.8, 4) is 5.75 Å². The number of phenols is 1. The molecule has 0 unspecified atom stereocenters. The van der Waals surface area contributed by atoms with Crippen molar-refractivity contribution < 1.29 is 19.4 Å². The molecule has 0 saturated heterocycles. The van der Waals surface area contributed by atoms with Crippen LogP contribution >= 0.6 is 0 Å². The average Bonchev–Trinajstić information content (AvgIpc) is 2.22. The standard InChI is InChI=1S/C6H6O.C4H8O3/c7-6-4-2-1-3-5-6;1-6-4(3-5)7-2/h1-5,7H;3-4H,1-2H3. The van der Waals surface area contributed by atoms with Crippen molar-refractivity contribution in [3.63, 3.8) is 0 Å². The molecule has 0 aliphatic rings. The number of benzene rings is 1. The minimum atomic E-state index is -0.694. The minimum Gasteiger partial charge on any atom is -0.508 e. The fourth-order valence-corrected chi connectivity index (χ4v) is 0.635. The molecule has 0 amide bonds. The molecule has 1 aromatic rings. The number of methoxy groups -OCH3 is 2. The zero-order chi connectivity index (χ0) is 10.8. The van der Waals surface area contributed by atoms with E-state index in [1.165, 1.54) is 14.2 Å². The van der Waals surface area contributed by atoms with E-state index in [1.54, 1.807) is 24.3 Å². The van der Waals surface area contributed by atoms with Gasteiger partial charge in [0.25, 0.3) is 0 Å². The van der Waals surface area contributed by atoms with Gasteiger partial charge in [-0.1, -0.05) is 18.2 Å². The van der Waals surface area contributed by atoms with Gasteiger partial charge in [-0.15, -0.1) is 0 Å². The van der Waals surface area contributed by atoms with Gasteiger partial charge in [0.1, 0.15) is 5.75 Å². The molecule has 0 atom stereocenters. The van der Waals surface area contributed by atoms with E-state index in [-0.39, 0.29) is 0 Å². The van der Waals surface area contributed by atoms with E-state index >= 15 is 0 Å². The molecule has 1 N–H and O–H groups in total. The summed E-state index contributed by atoms with van der Waals surface area (Å²) in [5.74, 6) is 0.322. The van der Waals surface area contributed by atoms with Gasteiger partial charge < -0.3 is 14.6 Å². The van der Waals surface area contributed by atoms with Crippen LogP contribution in [-0.2, 0) is 14.3 Å². The average molecular weight is 198 g/mol. The lowest BCUT2D eigenvalue weighted by Crippen LogP contribution is -2.13. The second-order valence-electron chi connectivity index (χ2n) is 2.31. The summed E-state index contributed by atoms with van der Waals surface area (Å²) in [6, 6.07) is 8.71. The van der Waals surface area contributed by atoms with Crippen LogP contribution in [0.2, 0.25) is 0 Å². The first-order chi connectivity index (χ1) is 6.74. The highest BCUT2D eigenvalue weighted by molar-refractivity contribution is 5.53. The van der Waals surface area contributed by atoms with E-state index in [4.69, 9.17) is 5.11 Å². The van der Waals surface area contributed by atoms with Crippen LogP contribution in [0, 0.1) is 0 Å². The quantitative estimate of drug-likeness (QED) is 0.585.